The molecule has 0 amide bonds. The summed E-state index contributed by atoms with van der Waals surface area (Å²) in [5.74, 6) is -1.51. The van der Waals surface area contributed by atoms with Crippen molar-refractivity contribution in [1.82, 2.24) is 0 Å². The van der Waals surface area contributed by atoms with Gasteiger partial charge >= 0.3 is 5.97 Å². The van der Waals surface area contributed by atoms with Crippen molar-refractivity contribution in [3.63, 3.8) is 0 Å². The highest BCUT2D eigenvalue weighted by molar-refractivity contribution is 5.99. The highest BCUT2D eigenvalue weighted by atomic mass is 16.4. The van der Waals surface area contributed by atoms with Gasteiger partial charge in [0, 0.05) is 30.3 Å². The first-order chi connectivity index (χ1) is 9.58. The zero-order chi connectivity index (χ0) is 14.5. The van der Waals surface area contributed by atoms with Gasteiger partial charge in [0.25, 0.3) is 0 Å². The van der Waals surface area contributed by atoms with Gasteiger partial charge in [-0.2, -0.15) is 0 Å². The number of rotatable bonds is 5. The minimum absolute atomic E-state index is 0.0994. The number of nitrogens with zero attached hydrogens (tertiary/aromatic N) is 1. The highest BCUT2D eigenvalue weighted by Gasteiger charge is 2.18. The Balaban J connectivity index is 2.03. The van der Waals surface area contributed by atoms with Crippen LogP contribution in [0.25, 0.3) is 0 Å². The van der Waals surface area contributed by atoms with Gasteiger partial charge in [0.15, 0.2) is 5.78 Å². The van der Waals surface area contributed by atoms with Crippen molar-refractivity contribution in [2.75, 3.05) is 18.0 Å². The summed E-state index contributed by atoms with van der Waals surface area (Å²) in [5.41, 5.74) is 1.74. The molecule has 1 aromatic carbocycles. The molecule has 0 saturated carbocycles. The molecule has 20 heavy (non-hydrogen) atoms. The van der Waals surface area contributed by atoms with Crippen LogP contribution in [0, 0.1) is 5.92 Å². The number of piperidine rings is 1. The summed E-state index contributed by atoms with van der Waals surface area (Å²) in [5, 5.41) is 8.74. The Hall–Kier alpha value is -1.84. The van der Waals surface area contributed by atoms with E-state index in [2.05, 4.69) is 4.90 Å². The van der Waals surface area contributed by atoms with E-state index in [1.54, 1.807) is 6.92 Å². The summed E-state index contributed by atoms with van der Waals surface area (Å²) in [6.45, 7) is 3.81. The number of hydrogen-bond donors (Lipinski definition) is 1. The minimum atomic E-state index is -0.934. The number of carbonyl (C=O) groups is 2. The number of anilines is 1. The molecular weight excluding hydrogens is 254 g/mol. The van der Waals surface area contributed by atoms with E-state index in [0.717, 1.165) is 18.8 Å². The first-order valence-corrected chi connectivity index (χ1v) is 7.19. The van der Waals surface area contributed by atoms with E-state index in [9.17, 15) is 9.59 Å². The quantitative estimate of drug-likeness (QED) is 0.839. The van der Waals surface area contributed by atoms with Crippen LogP contribution >= 0.6 is 0 Å². The third-order valence-corrected chi connectivity index (χ3v) is 3.80. The lowest BCUT2D eigenvalue weighted by Gasteiger charge is -2.28. The molecule has 2 rings (SSSR count). The molecule has 0 radical (unpaired) electrons. The van der Waals surface area contributed by atoms with Crippen LogP contribution in [0.3, 0.4) is 0 Å². The van der Waals surface area contributed by atoms with Crippen molar-refractivity contribution < 1.29 is 14.7 Å². The van der Waals surface area contributed by atoms with Crippen LogP contribution in [0.4, 0.5) is 5.69 Å². The molecule has 1 N–H and O–H groups in total. The zero-order valence-corrected chi connectivity index (χ0v) is 11.8. The van der Waals surface area contributed by atoms with Crippen LogP contribution < -0.4 is 4.90 Å². The summed E-state index contributed by atoms with van der Waals surface area (Å²) < 4.78 is 0. The largest absolute Gasteiger partial charge is 0.481 e. The van der Waals surface area contributed by atoms with Crippen molar-refractivity contribution in [3.05, 3.63) is 29.8 Å². The molecule has 0 bridgehead atoms. The van der Waals surface area contributed by atoms with Gasteiger partial charge in [-0.05, 0) is 43.5 Å². The molecule has 1 aliphatic rings. The average molecular weight is 275 g/mol. The van der Waals surface area contributed by atoms with E-state index in [0.29, 0.717) is 5.56 Å². The molecule has 108 valence electrons. The lowest BCUT2D eigenvalue weighted by atomic mass is 9.96. The van der Waals surface area contributed by atoms with Crippen LogP contribution in [0.15, 0.2) is 24.3 Å². The number of hydrogen-bond acceptors (Lipinski definition) is 3. The summed E-state index contributed by atoms with van der Waals surface area (Å²) in [4.78, 5) is 25.1. The number of carboxylic acids is 1. The van der Waals surface area contributed by atoms with E-state index in [4.69, 9.17) is 5.11 Å². The Kier molecular flexibility index (Phi) is 4.77. The molecule has 0 aliphatic carbocycles. The summed E-state index contributed by atoms with van der Waals surface area (Å²) in [6.07, 6.45) is 3.61. The number of Topliss-reactive ketones (excluding diaryl/α,β-unsaturated/α-hetero) is 1. The van der Waals surface area contributed by atoms with E-state index in [1.165, 1.54) is 19.3 Å². The molecule has 4 heteroatoms. The van der Waals surface area contributed by atoms with Crippen LogP contribution in [-0.4, -0.2) is 29.9 Å². The minimum Gasteiger partial charge on any atom is -0.481 e. The maximum absolute atomic E-state index is 12.1. The Morgan fingerprint density at radius 3 is 2.30 bits per heavy atom. The first kappa shape index (κ1) is 14.6. The lowest BCUT2D eigenvalue weighted by Crippen LogP contribution is -2.29. The van der Waals surface area contributed by atoms with E-state index < -0.39 is 11.9 Å². The average Bonchev–Trinajstić information content (AvgIpc) is 2.47. The van der Waals surface area contributed by atoms with Crippen LogP contribution in [0.2, 0.25) is 0 Å². The van der Waals surface area contributed by atoms with E-state index in [1.807, 2.05) is 24.3 Å². The Morgan fingerprint density at radius 2 is 1.75 bits per heavy atom. The number of carbonyl (C=O) groups excluding carboxylic acids is 1. The van der Waals surface area contributed by atoms with E-state index in [-0.39, 0.29) is 12.2 Å². The standard InChI is InChI=1S/C16H21NO3/c1-12(11-15(18)19)16(20)13-5-7-14(8-6-13)17-9-3-2-4-10-17/h5-8,12H,2-4,9-11H2,1H3,(H,18,19). The van der Waals surface area contributed by atoms with Gasteiger partial charge in [-0.1, -0.05) is 6.92 Å². The van der Waals surface area contributed by atoms with E-state index >= 15 is 0 Å². The molecule has 1 atom stereocenters. The molecule has 0 spiro atoms. The third kappa shape index (κ3) is 3.59. The second kappa shape index (κ2) is 6.55. The fourth-order valence-corrected chi connectivity index (χ4v) is 2.63. The second-order valence-corrected chi connectivity index (χ2v) is 5.46. The lowest BCUT2D eigenvalue weighted by molar-refractivity contribution is -0.137. The first-order valence-electron chi connectivity index (χ1n) is 7.19. The second-order valence-electron chi connectivity index (χ2n) is 5.46. The molecule has 1 fully saturated rings. The number of aliphatic carboxylic acids is 1. The molecule has 1 aromatic rings. The topological polar surface area (TPSA) is 57.6 Å². The molecular formula is C16H21NO3. The third-order valence-electron chi connectivity index (χ3n) is 3.80. The van der Waals surface area contributed by atoms with Gasteiger partial charge < -0.3 is 10.0 Å². The zero-order valence-electron chi connectivity index (χ0n) is 11.8. The monoisotopic (exact) mass is 275 g/mol. The molecule has 4 nitrogen and oxygen atoms in total. The summed E-state index contributed by atoms with van der Waals surface area (Å²) >= 11 is 0. The van der Waals surface area contributed by atoms with Crippen LogP contribution in [-0.2, 0) is 4.79 Å². The fraction of sp³-hybridized carbons (Fsp3) is 0.500. The van der Waals surface area contributed by atoms with Gasteiger partial charge in [0.1, 0.15) is 0 Å². The van der Waals surface area contributed by atoms with Crippen LogP contribution in [0.1, 0.15) is 43.0 Å². The Morgan fingerprint density at radius 1 is 1.15 bits per heavy atom. The van der Waals surface area contributed by atoms with Crippen molar-refractivity contribution in [3.8, 4) is 0 Å². The van der Waals surface area contributed by atoms with Gasteiger partial charge in [-0.3, -0.25) is 9.59 Å². The van der Waals surface area contributed by atoms with Gasteiger partial charge in [0.05, 0.1) is 6.42 Å². The normalized spacial score (nSPS) is 16.8. The van der Waals surface area contributed by atoms with Crippen LogP contribution in [0.5, 0.6) is 0 Å². The van der Waals surface area contributed by atoms with Gasteiger partial charge in [-0.25, -0.2) is 0 Å². The maximum Gasteiger partial charge on any atom is 0.304 e. The number of ketones is 1. The maximum atomic E-state index is 12.1. The smallest absolute Gasteiger partial charge is 0.304 e. The highest BCUT2D eigenvalue weighted by Crippen LogP contribution is 2.21. The molecule has 0 aromatic heterocycles. The summed E-state index contributed by atoms with van der Waals surface area (Å²) in [7, 11) is 0. The predicted octanol–water partition coefficient (Wildman–Crippen LogP) is 2.97. The Bertz CT molecular complexity index is 475. The molecule has 1 heterocycles. The fourth-order valence-electron chi connectivity index (χ4n) is 2.63. The SMILES string of the molecule is CC(CC(=O)O)C(=O)c1ccc(N2CCCCC2)cc1. The Labute approximate surface area is 119 Å². The molecule has 1 aliphatic heterocycles. The van der Waals surface area contributed by atoms with Gasteiger partial charge in [-0.15, -0.1) is 0 Å². The molecule has 1 unspecified atom stereocenters. The number of benzene rings is 1. The van der Waals surface area contributed by atoms with Gasteiger partial charge in [0.2, 0.25) is 0 Å². The predicted molar refractivity (Wildman–Crippen MR) is 78.3 cm³/mol. The van der Waals surface area contributed by atoms with Crippen molar-refractivity contribution in [2.45, 2.75) is 32.6 Å². The number of carboxylic acid groups (broad SMARTS) is 1. The van der Waals surface area contributed by atoms with Crippen molar-refractivity contribution >= 4 is 17.4 Å². The van der Waals surface area contributed by atoms with Crippen molar-refractivity contribution in [2.24, 2.45) is 5.92 Å². The van der Waals surface area contributed by atoms with Crippen molar-refractivity contribution in [1.29, 1.82) is 0 Å². The molecule has 1 saturated heterocycles. The summed E-state index contributed by atoms with van der Waals surface area (Å²) in [6, 6.07) is 7.55.